The van der Waals surface area contributed by atoms with Crippen molar-refractivity contribution >= 4 is 21.6 Å². The number of likely N-dealkylation sites (tertiary alicyclic amines) is 1. The zero-order valence-electron chi connectivity index (χ0n) is 17.0. The molecular weight excluding hydrogens is 374 g/mol. The van der Waals surface area contributed by atoms with Crippen LogP contribution in [-0.2, 0) is 14.8 Å². The van der Waals surface area contributed by atoms with E-state index in [0.29, 0.717) is 18.2 Å². The Kier molecular flexibility index (Phi) is 7.12. The van der Waals surface area contributed by atoms with Gasteiger partial charge in [0.15, 0.2) is 0 Å². The van der Waals surface area contributed by atoms with Crippen LogP contribution in [0.4, 0.5) is 5.69 Å². The molecular formula is C21H33N3O3S. The molecule has 1 amide bonds. The van der Waals surface area contributed by atoms with Gasteiger partial charge in [-0.1, -0.05) is 26.7 Å². The van der Waals surface area contributed by atoms with Crippen LogP contribution in [0.2, 0.25) is 0 Å². The summed E-state index contributed by atoms with van der Waals surface area (Å²) in [6.07, 6.45) is 7.46. The van der Waals surface area contributed by atoms with Crippen molar-refractivity contribution in [1.29, 1.82) is 0 Å². The monoisotopic (exact) mass is 407 g/mol. The standard InChI is InChI=1S/C21H33N3O3S/c1-16(2)21(25)23-18-7-9-20(10-8-18)28(26,27)22-15-17-11-13-24(14-12-17)19-5-3-4-6-19/h7-10,16-17,19,22H,3-6,11-15H2,1-2H3,(H,23,25). The number of benzene rings is 1. The smallest absolute Gasteiger partial charge is 0.240 e. The predicted molar refractivity (Wildman–Crippen MR) is 112 cm³/mol. The van der Waals surface area contributed by atoms with Crippen LogP contribution in [-0.4, -0.2) is 44.9 Å². The molecule has 2 aliphatic rings. The quantitative estimate of drug-likeness (QED) is 0.727. The molecule has 3 rings (SSSR count). The molecule has 0 bridgehead atoms. The third kappa shape index (κ3) is 5.55. The lowest BCUT2D eigenvalue weighted by atomic mass is 9.96. The van der Waals surface area contributed by atoms with Gasteiger partial charge in [0.2, 0.25) is 15.9 Å². The van der Waals surface area contributed by atoms with E-state index in [1.165, 1.54) is 25.7 Å². The number of sulfonamides is 1. The number of hydrogen-bond acceptors (Lipinski definition) is 4. The first-order chi connectivity index (χ1) is 13.3. The molecule has 7 heteroatoms. The largest absolute Gasteiger partial charge is 0.326 e. The number of carbonyl (C=O) groups is 1. The molecule has 1 aromatic carbocycles. The van der Waals surface area contributed by atoms with E-state index >= 15 is 0 Å². The fraction of sp³-hybridized carbons (Fsp3) is 0.667. The highest BCUT2D eigenvalue weighted by Gasteiger charge is 2.27. The Hall–Kier alpha value is -1.44. The number of rotatable bonds is 7. The minimum atomic E-state index is -3.53. The van der Waals surface area contributed by atoms with Crippen LogP contribution in [0.25, 0.3) is 0 Å². The molecule has 0 aromatic heterocycles. The summed E-state index contributed by atoms with van der Waals surface area (Å²) in [5.74, 6) is 0.194. The molecule has 1 aliphatic carbocycles. The van der Waals surface area contributed by atoms with Crippen LogP contribution in [0.1, 0.15) is 52.4 Å². The molecule has 2 N–H and O–H groups in total. The Morgan fingerprint density at radius 3 is 2.25 bits per heavy atom. The molecule has 0 radical (unpaired) electrons. The predicted octanol–water partition coefficient (Wildman–Crippen LogP) is 3.21. The first-order valence-corrected chi connectivity index (χ1v) is 12.0. The van der Waals surface area contributed by atoms with Gasteiger partial charge in [0.1, 0.15) is 0 Å². The number of nitrogens with one attached hydrogen (secondary N) is 2. The van der Waals surface area contributed by atoms with Crippen LogP contribution in [0.3, 0.4) is 0 Å². The summed E-state index contributed by atoms with van der Waals surface area (Å²) in [7, 11) is -3.53. The van der Waals surface area contributed by atoms with Gasteiger partial charge in [0.05, 0.1) is 4.90 Å². The Bertz CT molecular complexity index is 748. The second-order valence-electron chi connectivity index (χ2n) is 8.44. The zero-order chi connectivity index (χ0) is 20.1. The molecule has 156 valence electrons. The summed E-state index contributed by atoms with van der Waals surface area (Å²) < 4.78 is 27.9. The number of carbonyl (C=O) groups excluding carboxylic acids is 1. The van der Waals surface area contributed by atoms with Gasteiger partial charge in [-0.2, -0.15) is 0 Å². The van der Waals surface area contributed by atoms with Gasteiger partial charge in [0.25, 0.3) is 0 Å². The van der Waals surface area contributed by atoms with Crippen LogP contribution >= 0.6 is 0 Å². The van der Waals surface area contributed by atoms with Gasteiger partial charge >= 0.3 is 0 Å². The number of anilines is 1. The average Bonchev–Trinajstić information content (AvgIpc) is 3.22. The lowest BCUT2D eigenvalue weighted by Crippen LogP contribution is -2.42. The van der Waals surface area contributed by atoms with Gasteiger partial charge < -0.3 is 10.2 Å². The normalized spacial score (nSPS) is 20.0. The highest BCUT2D eigenvalue weighted by molar-refractivity contribution is 7.89. The second kappa shape index (κ2) is 9.37. The first kappa shape index (κ1) is 21.3. The molecule has 2 fully saturated rings. The van der Waals surface area contributed by atoms with Gasteiger partial charge in [-0.05, 0) is 69.0 Å². The topological polar surface area (TPSA) is 78.5 Å². The Morgan fingerprint density at radius 2 is 1.68 bits per heavy atom. The van der Waals surface area contributed by atoms with E-state index in [9.17, 15) is 13.2 Å². The van der Waals surface area contributed by atoms with Crippen molar-refractivity contribution in [3.63, 3.8) is 0 Å². The van der Waals surface area contributed by atoms with E-state index in [4.69, 9.17) is 0 Å². The Balaban J connectivity index is 1.48. The van der Waals surface area contributed by atoms with E-state index in [2.05, 4.69) is 14.9 Å². The van der Waals surface area contributed by atoms with Crippen LogP contribution in [0, 0.1) is 11.8 Å². The van der Waals surface area contributed by atoms with E-state index < -0.39 is 10.0 Å². The van der Waals surface area contributed by atoms with E-state index in [-0.39, 0.29) is 16.7 Å². The number of hydrogen-bond donors (Lipinski definition) is 2. The highest BCUT2D eigenvalue weighted by atomic mass is 32.2. The van der Waals surface area contributed by atoms with Gasteiger partial charge in [0, 0.05) is 24.2 Å². The van der Waals surface area contributed by atoms with Gasteiger partial charge in [-0.25, -0.2) is 13.1 Å². The molecule has 0 atom stereocenters. The van der Waals surface area contributed by atoms with Crippen molar-refractivity contribution in [3.05, 3.63) is 24.3 Å². The van der Waals surface area contributed by atoms with Crippen molar-refractivity contribution in [3.8, 4) is 0 Å². The Labute approximate surface area is 169 Å². The maximum atomic E-state index is 12.6. The van der Waals surface area contributed by atoms with Gasteiger partial charge in [-0.15, -0.1) is 0 Å². The van der Waals surface area contributed by atoms with Crippen LogP contribution in [0.15, 0.2) is 29.2 Å². The van der Waals surface area contributed by atoms with E-state index in [0.717, 1.165) is 32.0 Å². The number of nitrogens with zero attached hydrogens (tertiary/aromatic N) is 1. The summed E-state index contributed by atoms with van der Waals surface area (Å²) in [5, 5.41) is 2.77. The van der Waals surface area contributed by atoms with Gasteiger partial charge in [-0.3, -0.25) is 4.79 Å². The summed E-state index contributed by atoms with van der Waals surface area (Å²) in [5.41, 5.74) is 0.608. The van der Waals surface area contributed by atoms with Crippen molar-refractivity contribution in [2.45, 2.75) is 63.3 Å². The lowest BCUT2D eigenvalue weighted by molar-refractivity contribution is -0.118. The van der Waals surface area contributed by atoms with Crippen molar-refractivity contribution in [2.75, 3.05) is 25.0 Å². The molecule has 1 saturated carbocycles. The molecule has 6 nitrogen and oxygen atoms in total. The summed E-state index contributed by atoms with van der Waals surface area (Å²) in [4.78, 5) is 14.6. The first-order valence-electron chi connectivity index (χ1n) is 10.5. The molecule has 1 aliphatic heterocycles. The number of piperidine rings is 1. The SMILES string of the molecule is CC(C)C(=O)Nc1ccc(S(=O)(=O)NCC2CCN(C3CCCC3)CC2)cc1. The van der Waals surface area contributed by atoms with E-state index in [1.54, 1.807) is 24.3 Å². The number of amides is 1. The third-order valence-electron chi connectivity index (χ3n) is 6.01. The minimum absolute atomic E-state index is 0.0855. The lowest BCUT2D eigenvalue weighted by Gasteiger charge is -2.36. The Morgan fingerprint density at radius 1 is 1.07 bits per heavy atom. The fourth-order valence-corrected chi connectivity index (χ4v) is 5.22. The summed E-state index contributed by atoms with van der Waals surface area (Å²) in [6.45, 7) is 6.29. The molecule has 0 spiro atoms. The third-order valence-corrected chi connectivity index (χ3v) is 7.45. The molecule has 1 saturated heterocycles. The second-order valence-corrected chi connectivity index (χ2v) is 10.2. The summed E-state index contributed by atoms with van der Waals surface area (Å²) in [6, 6.07) is 7.11. The fourth-order valence-electron chi connectivity index (χ4n) is 4.11. The minimum Gasteiger partial charge on any atom is -0.326 e. The van der Waals surface area contributed by atoms with E-state index in [1.807, 2.05) is 13.8 Å². The van der Waals surface area contributed by atoms with Crippen molar-refractivity contribution in [2.24, 2.45) is 11.8 Å². The van der Waals surface area contributed by atoms with Crippen molar-refractivity contribution < 1.29 is 13.2 Å². The maximum Gasteiger partial charge on any atom is 0.240 e. The molecule has 1 aromatic rings. The summed E-state index contributed by atoms with van der Waals surface area (Å²) >= 11 is 0. The van der Waals surface area contributed by atoms with Crippen LogP contribution in [0.5, 0.6) is 0 Å². The molecule has 0 unspecified atom stereocenters. The maximum absolute atomic E-state index is 12.6. The zero-order valence-corrected chi connectivity index (χ0v) is 17.8. The van der Waals surface area contributed by atoms with Crippen LogP contribution < -0.4 is 10.0 Å². The molecule has 1 heterocycles. The van der Waals surface area contributed by atoms with Crippen molar-refractivity contribution in [1.82, 2.24) is 9.62 Å². The molecule has 28 heavy (non-hydrogen) atoms. The highest BCUT2D eigenvalue weighted by Crippen LogP contribution is 2.27. The average molecular weight is 408 g/mol.